The summed E-state index contributed by atoms with van der Waals surface area (Å²) in [5, 5.41) is 9.53. The van der Waals surface area contributed by atoms with Gasteiger partial charge in [-0.15, -0.1) is 0 Å². The van der Waals surface area contributed by atoms with E-state index in [9.17, 15) is 4.79 Å². The molecular weight excluding hydrogens is 350 g/mol. The van der Waals surface area contributed by atoms with Crippen LogP contribution < -0.4 is 5.32 Å². The molecule has 0 saturated heterocycles. The van der Waals surface area contributed by atoms with E-state index in [1.807, 2.05) is 67.6 Å². The van der Waals surface area contributed by atoms with E-state index >= 15 is 0 Å². The van der Waals surface area contributed by atoms with Crippen molar-refractivity contribution >= 4 is 17.3 Å². The number of benzene rings is 2. The number of rotatable bonds is 5. The van der Waals surface area contributed by atoms with Crippen molar-refractivity contribution in [2.24, 2.45) is 5.10 Å². The number of carbonyl (C=O) groups is 1. The van der Waals surface area contributed by atoms with Crippen molar-refractivity contribution in [1.82, 2.24) is 5.01 Å². The van der Waals surface area contributed by atoms with Gasteiger partial charge < -0.3 is 9.73 Å². The van der Waals surface area contributed by atoms with E-state index < -0.39 is 0 Å². The van der Waals surface area contributed by atoms with Gasteiger partial charge in [-0.25, -0.2) is 5.01 Å². The number of nitrogens with zero attached hydrogens (tertiary/aromatic N) is 2. The summed E-state index contributed by atoms with van der Waals surface area (Å²) >= 11 is 0. The number of aryl methyl sites for hydroxylation is 1. The van der Waals surface area contributed by atoms with Gasteiger partial charge in [-0.3, -0.25) is 4.79 Å². The van der Waals surface area contributed by atoms with E-state index in [4.69, 9.17) is 9.52 Å². The zero-order valence-electron chi connectivity index (χ0n) is 16.1. The van der Waals surface area contributed by atoms with Gasteiger partial charge in [-0.2, -0.15) is 5.10 Å². The largest absolute Gasteiger partial charge is 0.467 e. The molecule has 0 saturated carbocycles. The number of anilines is 1. The smallest absolute Gasteiger partial charge is 0.274 e. The molecule has 1 atom stereocenters. The third-order valence-electron chi connectivity index (χ3n) is 4.89. The summed E-state index contributed by atoms with van der Waals surface area (Å²) in [4.78, 5) is 13.1. The lowest BCUT2D eigenvalue weighted by atomic mass is 10.0. The minimum absolute atomic E-state index is 0.124. The Kier molecular flexibility index (Phi) is 4.98. The molecule has 28 heavy (non-hydrogen) atoms. The Morgan fingerprint density at radius 1 is 1.14 bits per heavy atom. The number of hydrogen-bond acceptors (Lipinski definition) is 4. The summed E-state index contributed by atoms with van der Waals surface area (Å²) < 4.78 is 5.61. The molecule has 3 aromatic rings. The number of amides is 1. The predicted octanol–water partition coefficient (Wildman–Crippen LogP) is 5.01. The highest BCUT2D eigenvalue weighted by atomic mass is 16.3. The zero-order chi connectivity index (χ0) is 19.5. The summed E-state index contributed by atoms with van der Waals surface area (Å²) in [6.45, 7) is 4.94. The van der Waals surface area contributed by atoms with Crippen LogP contribution in [0.15, 0.2) is 76.4 Å². The van der Waals surface area contributed by atoms with Crippen LogP contribution in [0.3, 0.4) is 0 Å². The second-order valence-electron chi connectivity index (χ2n) is 6.91. The third kappa shape index (κ3) is 3.56. The maximum absolute atomic E-state index is 13.1. The first-order valence-electron chi connectivity index (χ1n) is 9.51. The molecule has 1 aliphatic heterocycles. The maximum Gasteiger partial charge on any atom is 0.274 e. The molecule has 0 bridgehead atoms. The van der Waals surface area contributed by atoms with E-state index in [2.05, 4.69) is 12.2 Å². The van der Waals surface area contributed by atoms with Crippen molar-refractivity contribution in [3.63, 3.8) is 0 Å². The lowest BCUT2D eigenvalue weighted by Gasteiger charge is -2.20. The number of nitrogens with one attached hydrogen (secondary N) is 1. The van der Waals surface area contributed by atoms with E-state index in [0.29, 0.717) is 12.0 Å². The first kappa shape index (κ1) is 18.0. The second-order valence-corrected chi connectivity index (χ2v) is 6.91. The van der Waals surface area contributed by atoms with Crippen molar-refractivity contribution in [3.05, 3.63) is 89.4 Å². The van der Waals surface area contributed by atoms with Crippen molar-refractivity contribution in [1.29, 1.82) is 0 Å². The minimum Gasteiger partial charge on any atom is -0.467 e. The minimum atomic E-state index is -0.243. The highest BCUT2D eigenvalue weighted by molar-refractivity contribution is 6.05. The Morgan fingerprint density at radius 2 is 1.89 bits per heavy atom. The number of hydrogen-bond donors (Lipinski definition) is 1. The highest BCUT2D eigenvalue weighted by Crippen LogP contribution is 2.34. The van der Waals surface area contributed by atoms with Crippen LogP contribution in [-0.4, -0.2) is 23.2 Å². The Morgan fingerprint density at radius 3 is 2.54 bits per heavy atom. The lowest BCUT2D eigenvalue weighted by molar-refractivity contribution is 0.0693. The quantitative estimate of drug-likeness (QED) is 0.684. The summed E-state index contributed by atoms with van der Waals surface area (Å²) in [6.07, 6.45) is 2.25. The number of hydrazone groups is 1. The Hall–Kier alpha value is -3.34. The second kappa shape index (κ2) is 7.72. The molecule has 0 aliphatic carbocycles. The van der Waals surface area contributed by atoms with Gasteiger partial charge in [0.15, 0.2) is 0 Å². The lowest BCUT2D eigenvalue weighted by Crippen LogP contribution is -2.26. The molecule has 1 unspecified atom stereocenters. The number of furan rings is 1. The van der Waals surface area contributed by atoms with E-state index in [0.717, 1.165) is 34.8 Å². The topological polar surface area (TPSA) is 57.8 Å². The van der Waals surface area contributed by atoms with E-state index in [1.165, 1.54) is 0 Å². The molecule has 142 valence electrons. The van der Waals surface area contributed by atoms with Crippen LogP contribution in [-0.2, 0) is 0 Å². The molecular formula is C23H23N3O2. The summed E-state index contributed by atoms with van der Waals surface area (Å²) in [6, 6.07) is 19.2. The van der Waals surface area contributed by atoms with Crippen molar-refractivity contribution in [2.75, 3.05) is 11.9 Å². The molecule has 1 amide bonds. The average Bonchev–Trinajstić information content (AvgIpc) is 3.39. The van der Waals surface area contributed by atoms with Gasteiger partial charge in [-0.05, 0) is 55.8 Å². The fraction of sp³-hybridized carbons (Fsp3) is 0.217. The van der Waals surface area contributed by atoms with Gasteiger partial charge in [0.05, 0.1) is 12.0 Å². The molecule has 4 rings (SSSR count). The average molecular weight is 373 g/mol. The van der Waals surface area contributed by atoms with Crippen LogP contribution in [0.5, 0.6) is 0 Å². The molecule has 5 heteroatoms. The molecule has 2 aromatic carbocycles. The maximum atomic E-state index is 13.1. The summed E-state index contributed by atoms with van der Waals surface area (Å²) in [7, 11) is 0. The van der Waals surface area contributed by atoms with Gasteiger partial charge in [0.25, 0.3) is 5.91 Å². The van der Waals surface area contributed by atoms with Crippen molar-refractivity contribution in [2.45, 2.75) is 26.3 Å². The first-order chi connectivity index (χ1) is 13.7. The van der Waals surface area contributed by atoms with Gasteiger partial charge >= 0.3 is 0 Å². The van der Waals surface area contributed by atoms with Crippen molar-refractivity contribution < 1.29 is 9.21 Å². The Labute approximate surface area is 164 Å². The van der Waals surface area contributed by atoms with Gasteiger partial charge in [0.2, 0.25) is 0 Å². The molecule has 1 aromatic heterocycles. The van der Waals surface area contributed by atoms with Crippen molar-refractivity contribution in [3.8, 4) is 0 Å². The van der Waals surface area contributed by atoms with Crippen LogP contribution in [0.2, 0.25) is 0 Å². The van der Waals surface area contributed by atoms with E-state index in [1.54, 1.807) is 11.3 Å². The third-order valence-corrected chi connectivity index (χ3v) is 4.89. The SMILES string of the molecule is CCNc1ccc(C2=NN(C(=O)c3ccc(C)cc3)C(c3ccco3)C2)cc1. The number of carbonyl (C=O) groups excluding carboxylic acids is 1. The van der Waals surface area contributed by atoms with Crippen LogP contribution in [0.1, 0.15) is 46.6 Å². The fourth-order valence-corrected chi connectivity index (χ4v) is 3.39. The van der Waals surface area contributed by atoms with Gasteiger partial charge in [-0.1, -0.05) is 29.8 Å². The van der Waals surface area contributed by atoms with Crippen LogP contribution in [0, 0.1) is 6.92 Å². The molecule has 0 radical (unpaired) electrons. The molecule has 5 nitrogen and oxygen atoms in total. The van der Waals surface area contributed by atoms with Crippen LogP contribution in [0.4, 0.5) is 5.69 Å². The van der Waals surface area contributed by atoms with Gasteiger partial charge in [0, 0.05) is 24.2 Å². The summed E-state index contributed by atoms with van der Waals surface area (Å²) in [5.74, 6) is 0.615. The van der Waals surface area contributed by atoms with Gasteiger partial charge in [0.1, 0.15) is 11.8 Å². The summed E-state index contributed by atoms with van der Waals surface area (Å²) in [5.41, 5.74) is 4.70. The predicted molar refractivity (Wildman–Crippen MR) is 111 cm³/mol. The molecule has 0 spiro atoms. The van der Waals surface area contributed by atoms with E-state index in [-0.39, 0.29) is 11.9 Å². The molecule has 2 heterocycles. The fourth-order valence-electron chi connectivity index (χ4n) is 3.39. The molecule has 1 aliphatic rings. The normalized spacial score (nSPS) is 16.1. The molecule has 1 N–H and O–H groups in total. The standard InChI is InChI=1S/C23H23N3O2/c1-3-24-19-12-10-17(11-13-19)20-15-21(22-5-4-14-28-22)26(25-20)23(27)18-8-6-16(2)7-9-18/h4-14,21,24H,3,15H2,1-2H3. The molecule has 0 fully saturated rings. The van der Waals surface area contributed by atoms with Crippen LogP contribution >= 0.6 is 0 Å². The highest BCUT2D eigenvalue weighted by Gasteiger charge is 2.35. The first-order valence-corrected chi connectivity index (χ1v) is 9.51. The van der Waals surface area contributed by atoms with Crippen LogP contribution in [0.25, 0.3) is 0 Å². The Balaban J connectivity index is 1.66. The monoisotopic (exact) mass is 373 g/mol. The Bertz CT molecular complexity index is 974. The zero-order valence-corrected chi connectivity index (χ0v) is 16.1.